The Kier molecular flexibility index (Phi) is 9.06. The number of nitrogens with zero attached hydrogens (tertiary/aromatic N) is 2. The SMILES string of the molecule is CCCCCC(=O)N1CCC(COc2ccc(Cl)cc2)(CC(=O)N2CCCCC2)CC1. The number of unbranched alkanes of at least 4 members (excludes halogenated alkanes) is 2. The highest BCUT2D eigenvalue weighted by atomic mass is 35.5. The Morgan fingerprint density at radius 2 is 1.58 bits per heavy atom. The number of amides is 2. The lowest BCUT2D eigenvalue weighted by Crippen LogP contribution is -2.48. The third kappa shape index (κ3) is 7.13. The van der Waals surface area contributed by atoms with Crippen molar-refractivity contribution in [3.05, 3.63) is 29.3 Å². The highest BCUT2D eigenvalue weighted by molar-refractivity contribution is 6.30. The predicted molar refractivity (Wildman–Crippen MR) is 124 cm³/mol. The zero-order valence-electron chi connectivity index (χ0n) is 18.9. The van der Waals surface area contributed by atoms with Gasteiger partial charge in [0.25, 0.3) is 0 Å². The second-order valence-electron chi connectivity index (χ2n) is 9.20. The van der Waals surface area contributed by atoms with E-state index in [0.29, 0.717) is 37.6 Å². The molecule has 2 saturated heterocycles. The Hall–Kier alpha value is -1.75. The molecule has 3 rings (SSSR count). The molecular weight excluding hydrogens is 412 g/mol. The van der Waals surface area contributed by atoms with Crippen LogP contribution in [0.25, 0.3) is 0 Å². The van der Waals surface area contributed by atoms with E-state index in [2.05, 4.69) is 6.92 Å². The average molecular weight is 449 g/mol. The van der Waals surface area contributed by atoms with Crippen molar-refractivity contribution < 1.29 is 14.3 Å². The average Bonchev–Trinajstić information content (AvgIpc) is 2.80. The molecule has 1 aromatic carbocycles. The summed E-state index contributed by atoms with van der Waals surface area (Å²) in [5.74, 6) is 1.26. The first-order chi connectivity index (χ1) is 15.0. The van der Waals surface area contributed by atoms with Gasteiger partial charge in [-0.05, 0) is 62.8 Å². The second kappa shape index (κ2) is 11.8. The molecule has 2 heterocycles. The summed E-state index contributed by atoms with van der Waals surface area (Å²) in [6.45, 7) is 5.81. The quantitative estimate of drug-likeness (QED) is 0.481. The fourth-order valence-corrected chi connectivity index (χ4v) is 4.76. The molecule has 2 fully saturated rings. The van der Waals surface area contributed by atoms with Crippen LogP contribution in [0.2, 0.25) is 5.02 Å². The first-order valence-electron chi connectivity index (χ1n) is 12.0. The van der Waals surface area contributed by atoms with E-state index in [1.807, 2.05) is 34.1 Å². The van der Waals surface area contributed by atoms with Crippen LogP contribution in [-0.2, 0) is 9.59 Å². The normalized spacial score (nSPS) is 18.6. The molecule has 31 heavy (non-hydrogen) atoms. The van der Waals surface area contributed by atoms with Gasteiger partial charge in [-0.25, -0.2) is 0 Å². The monoisotopic (exact) mass is 448 g/mol. The van der Waals surface area contributed by atoms with Gasteiger partial charge >= 0.3 is 0 Å². The zero-order valence-corrected chi connectivity index (χ0v) is 19.7. The van der Waals surface area contributed by atoms with Gasteiger partial charge in [-0.2, -0.15) is 0 Å². The van der Waals surface area contributed by atoms with Crippen LogP contribution >= 0.6 is 11.6 Å². The van der Waals surface area contributed by atoms with Crippen molar-refractivity contribution in [2.45, 2.75) is 71.1 Å². The second-order valence-corrected chi connectivity index (χ2v) is 9.64. The number of benzene rings is 1. The molecule has 0 bridgehead atoms. The molecule has 2 aliphatic rings. The Balaban J connectivity index is 1.62. The Bertz CT molecular complexity index is 708. The fourth-order valence-electron chi connectivity index (χ4n) is 4.63. The minimum atomic E-state index is -0.228. The smallest absolute Gasteiger partial charge is 0.223 e. The molecule has 6 heteroatoms. The van der Waals surface area contributed by atoms with E-state index < -0.39 is 0 Å². The van der Waals surface area contributed by atoms with Gasteiger partial charge in [0, 0.05) is 49.5 Å². The number of piperidine rings is 2. The number of rotatable bonds is 9. The molecule has 0 atom stereocenters. The third-order valence-electron chi connectivity index (χ3n) is 6.76. The van der Waals surface area contributed by atoms with E-state index in [9.17, 15) is 9.59 Å². The maximum atomic E-state index is 13.1. The minimum absolute atomic E-state index is 0.228. The van der Waals surface area contributed by atoms with E-state index in [-0.39, 0.29) is 17.2 Å². The molecule has 2 aliphatic heterocycles. The van der Waals surface area contributed by atoms with Crippen molar-refractivity contribution in [2.75, 3.05) is 32.8 Å². The van der Waals surface area contributed by atoms with Crippen molar-refractivity contribution >= 4 is 23.4 Å². The van der Waals surface area contributed by atoms with E-state index in [0.717, 1.165) is 63.8 Å². The first-order valence-corrected chi connectivity index (χ1v) is 12.3. The number of likely N-dealkylation sites (tertiary alicyclic amines) is 2. The number of ether oxygens (including phenoxy) is 1. The van der Waals surface area contributed by atoms with Crippen molar-refractivity contribution in [3.8, 4) is 5.75 Å². The predicted octanol–water partition coefficient (Wildman–Crippen LogP) is 5.31. The maximum Gasteiger partial charge on any atom is 0.223 e. The van der Waals surface area contributed by atoms with Gasteiger partial charge in [-0.1, -0.05) is 31.4 Å². The van der Waals surface area contributed by atoms with E-state index >= 15 is 0 Å². The highest BCUT2D eigenvalue weighted by Gasteiger charge is 2.39. The van der Waals surface area contributed by atoms with Crippen LogP contribution < -0.4 is 4.74 Å². The highest BCUT2D eigenvalue weighted by Crippen LogP contribution is 2.37. The third-order valence-corrected chi connectivity index (χ3v) is 7.02. The van der Waals surface area contributed by atoms with Crippen molar-refractivity contribution in [3.63, 3.8) is 0 Å². The lowest BCUT2D eigenvalue weighted by atomic mass is 9.75. The van der Waals surface area contributed by atoms with Crippen molar-refractivity contribution in [2.24, 2.45) is 5.41 Å². The number of halogens is 1. The van der Waals surface area contributed by atoms with Gasteiger partial charge in [0.2, 0.25) is 11.8 Å². The lowest BCUT2D eigenvalue weighted by Gasteiger charge is -2.42. The summed E-state index contributed by atoms with van der Waals surface area (Å²) >= 11 is 5.99. The minimum Gasteiger partial charge on any atom is -0.493 e. The summed E-state index contributed by atoms with van der Waals surface area (Å²) in [7, 11) is 0. The molecule has 0 radical (unpaired) electrons. The van der Waals surface area contributed by atoms with Crippen LogP contribution in [0, 0.1) is 5.41 Å². The molecule has 0 unspecified atom stereocenters. The Morgan fingerprint density at radius 1 is 0.935 bits per heavy atom. The molecular formula is C25H37ClN2O3. The Labute approximate surface area is 192 Å². The summed E-state index contributed by atoms with van der Waals surface area (Å²) in [4.78, 5) is 29.7. The molecule has 5 nitrogen and oxygen atoms in total. The van der Waals surface area contributed by atoms with Crippen molar-refractivity contribution in [1.29, 1.82) is 0 Å². The van der Waals surface area contributed by atoms with Gasteiger partial charge in [0.15, 0.2) is 0 Å². The van der Waals surface area contributed by atoms with E-state index in [1.165, 1.54) is 6.42 Å². The van der Waals surface area contributed by atoms with Gasteiger partial charge in [0.1, 0.15) is 5.75 Å². The van der Waals surface area contributed by atoms with Crippen molar-refractivity contribution in [1.82, 2.24) is 9.80 Å². The molecule has 0 aromatic heterocycles. The maximum absolute atomic E-state index is 13.1. The standard InChI is InChI=1S/C25H37ClN2O3/c1-2-3-5-8-23(29)28-17-13-25(14-18-28,19-24(30)27-15-6-4-7-16-27)20-31-22-11-9-21(26)10-12-22/h9-12H,2-8,13-20H2,1H3. The van der Waals surface area contributed by atoms with E-state index in [1.54, 1.807) is 0 Å². The van der Waals surface area contributed by atoms with Crippen LogP contribution in [0.3, 0.4) is 0 Å². The first kappa shape index (κ1) is 23.9. The lowest BCUT2D eigenvalue weighted by molar-refractivity contribution is -0.138. The topological polar surface area (TPSA) is 49.9 Å². The molecule has 2 amide bonds. The number of hydrogen-bond donors (Lipinski definition) is 0. The molecule has 0 aliphatic carbocycles. The molecule has 0 N–H and O–H groups in total. The summed E-state index contributed by atoms with van der Waals surface area (Å²) in [6.07, 6.45) is 9.33. The largest absolute Gasteiger partial charge is 0.493 e. The van der Waals surface area contributed by atoms with Gasteiger partial charge < -0.3 is 14.5 Å². The summed E-state index contributed by atoms with van der Waals surface area (Å²) < 4.78 is 6.13. The number of hydrogen-bond acceptors (Lipinski definition) is 3. The zero-order chi connectivity index (χ0) is 22.1. The molecule has 1 aromatic rings. The van der Waals surface area contributed by atoms with E-state index in [4.69, 9.17) is 16.3 Å². The molecule has 172 valence electrons. The fraction of sp³-hybridized carbons (Fsp3) is 0.680. The van der Waals surface area contributed by atoms with Crippen LogP contribution in [0.1, 0.15) is 71.1 Å². The number of carbonyl (C=O) groups excluding carboxylic acids is 2. The summed E-state index contributed by atoms with van der Waals surface area (Å²) in [6, 6.07) is 7.38. The number of carbonyl (C=O) groups is 2. The van der Waals surface area contributed by atoms with Crippen LogP contribution in [0.5, 0.6) is 5.75 Å². The van der Waals surface area contributed by atoms with Crippen LogP contribution in [0.4, 0.5) is 0 Å². The van der Waals surface area contributed by atoms with Gasteiger partial charge in [-0.15, -0.1) is 0 Å². The Morgan fingerprint density at radius 3 is 2.23 bits per heavy atom. The van der Waals surface area contributed by atoms with Crippen LogP contribution in [-0.4, -0.2) is 54.4 Å². The summed E-state index contributed by atoms with van der Waals surface area (Å²) in [5, 5.41) is 0.678. The molecule has 0 spiro atoms. The van der Waals surface area contributed by atoms with Gasteiger partial charge in [0.05, 0.1) is 6.61 Å². The van der Waals surface area contributed by atoms with Gasteiger partial charge in [-0.3, -0.25) is 9.59 Å². The molecule has 0 saturated carbocycles. The van der Waals surface area contributed by atoms with Crippen LogP contribution in [0.15, 0.2) is 24.3 Å². The summed E-state index contributed by atoms with van der Waals surface area (Å²) in [5.41, 5.74) is -0.228.